The van der Waals surface area contributed by atoms with Gasteiger partial charge < -0.3 is 10.3 Å². The van der Waals surface area contributed by atoms with Crippen molar-refractivity contribution in [2.45, 2.75) is 38.8 Å². The molecule has 0 atom stereocenters. The van der Waals surface area contributed by atoms with Crippen LogP contribution in [0.25, 0.3) is 0 Å². The van der Waals surface area contributed by atoms with Crippen LogP contribution in [0.2, 0.25) is 0 Å². The largest absolute Gasteiger partial charge is 0.382 e. The first-order chi connectivity index (χ1) is 8.33. The van der Waals surface area contributed by atoms with E-state index in [4.69, 9.17) is 5.73 Å². The Labute approximate surface area is 99.4 Å². The van der Waals surface area contributed by atoms with Crippen molar-refractivity contribution in [3.63, 3.8) is 0 Å². The molecule has 0 saturated carbocycles. The molecule has 90 valence electrons. The van der Waals surface area contributed by atoms with E-state index in [0.29, 0.717) is 12.4 Å². The highest BCUT2D eigenvalue weighted by molar-refractivity contribution is 5.23. The lowest BCUT2D eigenvalue weighted by Crippen LogP contribution is -2.10. The molecule has 0 aromatic carbocycles. The summed E-state index contributed by atoms with van der Waals surface area (Å²) < 4.78 is 4.03. The van der Waals surface area contributed by atoms with Crippen LogP contribution in [0, 0.1) is 0 Å². The van der Waals surface area contributed by atoms with Crippen molar-refractivity contribution >= 4 is 5.82 Å². The molecule has 6 nitrogen and oxygen atoms in total. The molecule has 1 aliphatic heterocycles. The Bertz CT molecular complexity index is 512. The van der Waals surface area contributed by atoms with Gasteiger partial charge in [0.15, 0.2) is 5.82 Å². The Hall–Kier alpha value is -1.85. The van der Waals surface area contributed by atoms with Gasteiger partial charge in [-0.2, -0.15) is 5.10 Å². The van der Waals surface area contributed by atoms with Crippen LogP contribution in [-0.4, -0.2) is 24.5 Å². The molecule has 2 aromatic rings. The number of hydrogen-bond donors (Lipinski definition) is 1. The molecule has 3 heterocycles. The summed E-state index contributed by atoms with van der Waals surface area (Å²) >= 11 is 0. The topological polar surface area (TPSA) is 74.6 Å². The smallest absolute Gasteiger partial charge is 0.154 e. The number of fused-ring (bicyclic) bond motifs is 1. The maximum absolute atomic E-state index is 5.60. The van der Waals surface area contributed by atoms with E-state index in [2.05, 4.69) is 19.9 Å². The second-order valence-electron chi connectivity index (χ2n) is 4.43. The predicted octanol–water partition coefficient (Wildman–Crippen LogP) is 0.831. The minimum absolute atomic E-state index is 0.542. The van der Waals surface area contributed by atoms with Gasteiger partial charge in [-0.25, -0.2) is 0 Å². The first-order valence-electron chi connectivity index (χ1n) is 6.03. The zero-order chi connectivity index (χ0) is 11.7. The van der Waals surface area contributed by atoms with Crippen molar-refractivity contribution in [3.8, 4) is 0 Å². The average Bonchev–Trinajstić information content (AvgIpc) is 2.80. The predicted molar refractivity (Wildman–Crippen MR) is 63.3 cm³/mol. The van der Waals surface area contributed by atoms with Gasteiger partial charge in [-0.15, -0.1) is 10.2 Å². The van der Waals surface area contributed by atoms with E-state index in [1.807, 2.05) is 6.20 Å². The third-order valence-electron chi connectivity index (χ3n) is 3.15. The van der Waals surface area contributed by atoms with Crippen molar-refractivity contribution in [2.75, 3.05) is 5.73 Å². The van der Waals surface area contributed by atoms with Crippen molar-refractivity contribution in [1.29, 1.82) is 0 Å². The Morgan fingerprint density at radius 1 is 1.24 bits per heavy atom. The van der Waals surface area contributed by atoms with E-state index in [1.54, 1.807) is 10.7 Å². The molecular weight excluding hydrogens is 216 g/mol. The van der Waals surface area contributed by atoms with Crippen LogP contribution in [0.3, 0.4) is 0 Å². The number of nitrogen functional groups attached to an aromatic ring is 1. The van der Waals surface area contributed by atoms with Crippen LogP contribution >= 0.6 is 0 Å². The van der Waals surface area contributed by atoms with Crippen molar-refractivity contribution in [2.24, 2.45) is 0 Å². The monoisotopic (exact) mass is 232 g/mol. The fourth-order valence-corrected chi connectivity index (χ4v) is 2.27. The van der Waals surface area contributed by atoms with Gasteiger partial charge in [0.05, 0.1) is 0 Å². The molecule has 0 bridgehead atoms. The van der Waals surface area contributed by atoms with Crippen LogP contribution in [0.1, 0.15) is 30.9 Å². The first-order valence-corrected chi connectivity index (χ1v) is 6.03. The van der Waals surface area contributed by atoms with Gasteiger partial charge >= 0.3 is 0 Å². The molecule has 1 aliphatic rings. The van der Waals surface area contributed by atoms with Gasteiger partial charge in [0.25, 0.3) is 0 Å². The number of anilines is 1. The summed E-state index contributed by atoms with van der Waals surface area (Å²) in [6.45, 7) is 1.67. The highest BCUT2D eigenvalue weighted by atomic mass is 15.3. The average molecular weight is 232 g/mol. The number of rotatable bonds is 2. The molecule has 0 radical (unpaired) electrons. The third-order valence-corrected chi connectivity index (χ3v) is 3.15. The second-order valence-corrected chi connectivity index (χ2v) is 4.43. The summed E-state index contributed by atoms with van der Waals surface area (Å²) in [5.74, 6) is 2.63. The first kappa shape index (κ1) is 10.3. The molecule has 3 rings (SSSR count). The highest BCUT2D eigenvalue weighted by Crippen LogP contribution is 2.15. The Balaban J connectivity index is 1.86. The lowest BCUT2D eigenvalue weighted by atomic mass is 10.2. The summed E-state index contributed by atoms with van der Waals surface area (Å²) in [4.78, 5) is 0. The number of aromatic nitrogens is 5. The number of nitrogens with zero attached hydrogens (tertiary/aromatic N) is 5. The third kappa shape index (κ3) is 2.02. The molecule has 0 spiro atoms. The molecule has 2 aromatic heterocycles. The minimum Gasteiger partial charge on any atom is -0.382 e. The summed E-state index contributed by atoms with van der Waals surface area (Å²) in [7, 11) is 0. The molecule has 0 fully saturated rings. The van der Waals surface area contributed by atoms with Gasteiger partial charge in [0, 0.05) is 19.2 Å². The van der Waals surface area contributed by atoms with Crippen molar-refractivity contribution < 1.29 is 0 Å². The van der Waals surface area contributed by atoms with Gasteiger partial charge in [-0.3, -0.25) is 4.68 Å². The Morgan fingerprint density at radius 2 is 2.18 bits per heavy atom. The summed E-state index contributed by atoms with van der Waals surface area (Å²) in [6, 6.07) is 1.79. The van der Waals surface area contributed by atoms with Crippen LogP contribution in [0.5, 0.6) is 0 Å². The Morgan fingerprint density at radius 3 is 3.00 bits per heavy atom. The van der Waals surface area contributed by atoms with Crippen LogP contribution < -0.4 is 5.73 Å². The molecule has 6 heteroatoms. The second kappa shape index (κ2) is 4.20. The van der Waals surface area contributed by atoms with Gasteiger partial charge in [0.2, 0.25) is 0 Å². The van der Waals surface area contributed by atoms with E-state index < -0.39 is 0 Å². The van der Waals surface area contributed by atoms with Gasteiger partial charge in [-0.05, 0) is 18.9 Å². The zero-order valence-electron chi connectivity index (χ0n) is 9.71. The molecule has 0 aliphatic carbocycles. The number of nitrogens with two attached hydrogens (primary N) is 1. The molecular formula is C11H16N6. The van der Waals surface area contributed by atoms with Crippen molar-refractivity contribution in [3.05, 3.63) is 23.9 Å². The number of aryl methyl sites for hydroxylation is 1. The number of hydrogen-bond acceptors (Lipinski definition) is 4. The van der Waals surface area contributed by atoms with E-state index in [0.717, 1.165) is 24.6 Å². The van der Waals surface area contributed by atoms with Gasteiger partial charge in [-0.1, -0.05) is 6.42 Å². The van der Waals surface area contributed by atoms with E-state index >= 15 is 0 Å². The summed E-state index contributed by atoms with van der Waals surface area (Å²) in [5.41, 5.74) is 5.60. The Kier molecular flexibility index (Phi) is 2.55. The van der Waals surface area contributed by atoms with E-state index in [9.17, 15) is 0 Å². The van der Waals surface area contributed by atoms with Crippen LogP contribution in [-0.2, 0) is 19.5 Å². The van der Waals surface area contributed by atoms with Crippen molar-refractivity contribution in [1.82, 2.24) is 24.5 Å². The SMILES string of the molecule is Nc1ccn(Cc2nnc3n2CCCCC3)n1. The normalized spacial score (nSPS) is 15.5. The van der Waals surface area contributed by atoms with Crippen LogP contribution in [0.15, 0.2) is 12.3 Å². The molecule has 0 amide bonds. The maximum Gasteiger partial charge on any atom is 0.154 e. The summed E-state index contributed by atoms with van der Waals surface area (Å²) in [5, 5.41) is 12.7. The van der Waals surface area contributed by atoms with E-state index in [-0.39, 0.29) is 0 Å². The fourth-order valence-electron chi connectivity index (χ4n) is 2.27. The summed E-state index contributed by atoms with van der Waals surface area (Å²) in [6.07, 6.45) is 6.60. The molecule has 0 unspecified atom stereocenters. The minimum atomic E-state index is 0.542. The highest BCUT2D eigenvalue weighted by Gasteiger charge is 2.14. The standard InChI is InChI=1S/C11H16N6/c12-9-5-7-16(15-9)8-11-14-13-10-4-2-1-3-6-17(10)11/h5,7H,1-4,6,8H2,(H2,12,15). The van der Waals surface area contributed by atoms with Crippen LogP contribution in [0.4, 0.5) is 5.82 Å². The molecule has 0 saturated heterocycles. The lowest BCUT2D eigenvalue weighted by molar-refractivity contribution is 0.569. The fraction of sp³-hybridized carbons (Fsp3) is 0.545. The van der Waals surface area contributed by atoms with Gasteiger partial charge in [0.1, 0.15) is 18.2 Å². The lowest BCUT2D eigenvalue weighted by Gasteiger charge is -2.06. The zero-order valence-corrected chi connectivity index (χ0v) is 9.71. The molecule has 2 N–H and O–H groups in total. The molecule has 17 heavy (non-hydrogen) atoms. The quantitative estimate of drug-likeness (QED) is 0.832. The van der Waals surface area contributed by atoms with E-state index in [1.165, 1.54) is 19.3 Å². The maximum atomic E-state index is 5.60.